The van der Waals surface area contributed by atoms with Crippen molar-refractivity contribution in [3.63, 3.8) is 0 Å². The van der Waals surface area contributed by atoms with Gasteiger partial charge in [0.05, 0.1) is 12.1 Å². The Morgan fingerprint density at radius 3 is 2.24 bits per heavy atom. The minimum Gasteiger partial charge on any atom is -0.471 e. The van der Waals surface area contributed by atoms with Gasteiger partial charge in [-0.15, -0.1) is 5.10 Å². The van der Waals surface area contributed by atoms with E-state index in [0.29, 0.717) is 24.6 Å². The maximum atomic E-state index is 6.15. The van der Waals surface area contributed by atoms with Crippen LogP contribution < -0.4 is 4.74 Å². The SMILES string of the molecule is C[C@@H]1CCC[C@@H](C)N1CCn1cc(-c2ccccc2)c(OCc2ccccc2)n1. The van der Waals surface area contributed by atoms with Gasteiger partial charge in [0.25, 0.3) is 0 Å². The molecule has 1 aliphatic rings. The molecule has 0 spiro atoms. The maximum Gasteiger partial charge on any atom is 0.241 e. The molecule has 0 aliphatic carbocycles. The fourth-order valence-corrected chi connectivity index (χ4v) is 4.30. The lowest BCUT2D eigenvalue weighted by atomic mass is 9.98. The molecule has 0 N–H and O–H groups in total. The first-order chi connectivity index (χ1) is 14.2. The molecule has 4 nitrogen and oxygen atoms in total. The van der Waals surface area contributed by atoms with Gasteiger partial charge in [-0.05, 0) is 37.8 Å². The molecule has 0 radical (unpaired) electrons. The summed E-state index contributed by atoms with van der Waals surface area (Å²) in [5.41, 5.74) is 3.35. The molecule has 1 saturated heterocycles. The van der Waals surface area contributed by atoms with Gasteiger partial charge in [0.2, 0.25) is 5.88 Å². The van der Waals surface area contributed by atoms with Gasteiger partial charge in [-0.3, -0.25) is 9.58 Å². The van der Waals surface area contributed by atoms with Crippen molar-refractivity contribution in [3.05, 3.63) is 72.4 Å². The number of hydrogen-bond donors (Lipinski definition) is 0. The highest BCUT2D eigenvalue weighted by Gasteiger charge is 2.24. The Balaban J connectivity index is 1.51. The van der Waals surface area contributed by atoms with Gasteiger partial charge < -0.3 is 4.74 Å². The molecule has 2 heterocycles. The second-order valence-corrected chi connectivity index (χ2v) is 8.12. The molecule has 0 unspecified atom stereocenters. The molecule has 4 rings (SSSR count). The average Bonchev–Trinajstić information content (AvgIpc) is 3.16. The Morgan fingerprint density at radius 1 is 0.897 bits per heavy atom. The van der Waals surface area contributed by atoms with Crippen LogP contribution in [0.25, 0.3) is 11.1 Å². The van der Waals surface area contributed by atoms with E-state index in [-0.39, 0.29) is 0 Å². The highest BCUT2D eigenvalue weighted by atomic mass is 16.5. The summed E-state index contributed by atoms with van der Waals surface area (Å²) in [7, 11) is 0. The molecule has 2 atom stereocenters. The van der Waals surface area contributed by atoms with Crippen molar-refractivity contribution < 1.29 is 4.74 Å². The number of rotatable bonds is 7. The van der Waals surface area contributed by atoms with E-state index < -0.39 is 0 Å². The van der Waals surface area contributed by atoms with Gasteiger partial charge in [0, 0.05) is 24.8 Å². The molecule has 0 bridgehead atoms. The van der Waals surface area contributed by atoms with Crippen molar-refractivity contribution in [2.45, 2.75) is 58.3 Å². The van der Waals surface area contributed by atoms with Crippen LogP contribution in [0.3, 0.4) is 0 Å². The third-order valence-electron chi connectivity index (χ3n) is 5.99. The molecule has 1 aliphatic heterocycles. The zero-order valence-corrected chi connectivity index (χ0v) is 17.5. The lowest BCUT2D eigenvalue weighted by Gasteiger charge is -2.38. The zero-order valence-electron chi connectivity index (χ0n) is 17.5. The van der Waals surface area contributed by atoms with Gasteiger partial charge in [-0.1, -0.05) is 67.1 Å². The highest BCUT2D eigenvalue weighted by Crippen LogP contribution is 2.29. The second-order valence-electron chi connectivity index (χ2n) is 8.12. The van der Waals surface area contributed by atoms with Gasteiger partial charge >= 0.3 is 0 Å². The Bertz CT molecular complexity index is 881. The average molecular weight is 390 g/mol. The van der Waals surface area contributed by atoms with Crippen molar-refractivity contribution in [3.8, 4) is 17.0 Å². The summed E-state index contributed by atoms with van der Waals surface area (Å²) < 4.78 is 8.20. The summed E-state index contributed by atoms with van der Waals surface area (Å²) in [4.78, 5) is 2.62. The number of ether oxygens (including phenoxy) is 1. The van der Waals surface area contributed by atoms with Crippen LogP contribution in [0.4, 0.5) is 0 Å². The molecule has 29 heavy (non-hydrogen) atoms. The van der Waals surface area contributed by atoms with Crippen molar-refractivity contribution in [2.75, 3.05) is 6.54 Å². The van der Waals surface area contributed by atoms with Gasteiger partial charge in [-0.2, -0.15) is 0 Å². The van der Waals surface area contributed by atoms with E-state index in [2.05, 4.69) is 66.0 Å². The fraction of sp³-hybridized carbons (Fsp3) is 0.400. The topological polar surface area (TPSA) is 30.3 Å². The highest BCUT2D eigenvalue weighted by molar-refractivity contribution is 5.67. The summed E-state index contributed by atoms with van der Waals surface area (Å²) >= 11 is 0. The van der Waals surface area contributed by atoms with Crippen LogP contribution in [-0.2, 0) is 13.2 Å². The van der Waals surface area contributed by atoms with Gasteiger partial charge in [-0.25, -0.2) is 0 Å². The van der Waals surface area contributed by atoms with E-state index in [9.17, 15) is 0 Å². The molecule has 0 saturated carbocycles. The van der Waals surface area contributed by atoms with Crippen molar-refractivity contribution >= 4 is 0 Å². The molecule has 2 aromatic carbocycles. The summed E-state index contributed by atoms with van der Waals surface area (Å²) in [6, 6.07) is 22.0. The van der Waals surface area contributed by atoms with Crippen LogP contribution in [-0.4, -0.2) is 33.3 Å². The minimum absolute atomic E-state index is 0.526. The predicted molar refractivity (Wildman–Crippen MR) is 118 cm³/mol. The maximum absolute atomic E-state index is 6.15. The standard InChI is InChI=1S/C25H31N3O/c1-20-10-9-11-21(2)28(20)17-16-27-18-24(23-14-7-4-8-15-23)25(26-27)29-19-22-12-5-3-6-13-22/h3-8,12-15,18,20-21H,9-11,16-17,19H2,1-2H3/t20-,21-/m1/s1. The number of nitrogens with zero attached hydrogens (tertiary/aromatic N) is 3. The normalized spacial score (nSPS) is 19.9. The zero-order chi connectivity index (χ0) is 20.1. The largest absolute Gasteiger partial charge is 0.471 e. The van der Waals surface area contributed by atoms with E-state index >= 15 is 0 Å². The third-order valence-corrected chi connectivity index (χ3v) is 5.99. The first kappa shape index (κ1) is 19.7. The van der Waals surface area contributed by atoms with Crippen molar-refractivity contribution in [1.29, 1.82) is 0 Å². The Labute approximate surface area is 174 Å². The van der Waals surface area contributed by atoms with Crippen molar-refractivity contribution in [2.24, 2.45) is 0 Å². The summed E-state index contributed by atoms with van der Waals surface area (Å²) in [6.45, 7) is 7.13. The van der Waals surface area contributed by atoms with Crippen LogP contribution in [0.2, 0.25) is 0 Å². The molecular weight excluding hydrogens is 358 g/mol. The monoisotopic (exact) mass is 389 g/mol. The molecule has 152 valence electrons. The van der Waals surface area contributed by atoms with Crippen LogP contribution in [0, 0.1) is 0 Å². The lowest BCUT2D eigenvalue weighted by Crippen LogP contribution is -2.45. The molecule has 4 heteroatoms. The Morgan fingerprint density at radius 2 is 1.55 bits per heavy atom. The number of benzene rings is 2. The first-order valence-corrected chi connectivity index (χ1v) is 10.8. The predicted octanol–water partition coefficient (Wildman–Crippen LogP) is 5.39. The number of hydrogen-bond acceptors (Lipinski definition) is 3. The quantitative estimate of drug-likeness (QED) is 0.542. The number of piperidine rings is 1. The van der Waals surface area contributed by atoms with Crippen LogP contribution in [0.1, 0.15) is 38.7 Å². The van der Waals surface area contributed by atoms with Crippen LogP contribution >= 0.6 is 0 Å². The van der Waals surface area contributed by atoms with Crippen molar-refractivity contribution in [1.82, 2.24) is 14.7 Å². The Kier molecular flexibility index (Phi) is 6.30. The fourth-order valence-electron chi connectivity index (χ4n) is 4.30. The van der Waals surface area contributed by atoms with Crippen LogP contribution in [0.5, 0.6) is 5.88 Å². The summed E-state index contributed by atoms with van der Waals surface area (Å²) in [5.74, 6) is 0.708. The Hall–Kier alpha value is -2.59. The summed E-state index contributed by atoms with van der Waals surface area (Å²) in [6.07, 6.45) is 6.07. The number of aromatic nitrogens is 2. The smallest absolute Gasteiger partial charge is 0.241 e. The van der Waals surface area contributed by atoms with E-state index in [4.69, 9.17) is 9.84 Å². The molecule has 0 amide bonds. The van der Waals surface area contributed by atoms with E-state index in [1.165, 1.54) is 19.3 Å². The molecule has 1 fully saturated rings. The van der Waals surface area contributed by atoms with E-state index in [0.717, 1.165) is 29.8 Å². The molecular formula is C25H31N3O. The van der Waals surface area contributed by atoms with Crippen LogP contribution in [0.15, 0.2) is 66.9 Å². The molecule has 1 aromatic heterocycles. The van der Waals surface area contributed by atoms with Gasteiger partial charge in [0.15, 0.2) is 0 Å². The number of likely N-dealkylation sites (tertiary alicyclic amines) is 1. The third kappa shape index (κ3) is 4.88. The summed E-state index contributed by atoms with van der Waals surface area (Å²) in [5, 5.41) is 4.80. The second kappa shape index (κ2) is 9.27. The first-order valence-electron chi connectivity index (χ1n) is 10.8. The lowest BCUT2D eigenvalue weighted by molar-refractivity contribution is 0.0976. The minimum atomic E-state index is 0.526. The van der Waals surface area contributed by atoms with Gasteiger partial charge in [0.1, 0.15) is 6.61 Å². The van der Waals surface area contributed by atoms with E-state index in [1.807, 2.05) is 24.3 Å². The molecule has 3 aromatic rings. The van der Waals surface area contributed by atoms with E-state index in [1.54, 1.807) is 0 Å².